The molecule has 0 saturated carbocycles. The van der Waals surface area contributed by atoms with Crippen LogP contribution in [0.25, 0.3) is 0 Å². The fourth-order valence-corrected chi connectivity index (χ4v) is 9.13. The second-order valence-electron chi connectivity index (χ2n) is 19.7. The van der Waals surface area contributed by atoms with E-state index in [9.17, 15) is 45.6 Å². The SMILES string of the molecule is CCCCCCCCC/C=C/CC/C=C/C(O)C(COC1OC(CO)C(OC2OC(CO)C(O)C(O)C2O)C(O)C1O)NC(=O)CCCCCCCCCCCCCCCCCCCCCCC. The first-order valence-corrected chi connectivity index (χ1v) is 27.6. The molecule has 1 amide bonds. The van der Waals surface area contributed by atoms with Crippen molar-refractivity contribution in [1.82, 2.24) is 5.32 Å². The predicted molar refractivity (Wildman–Crippen MR) is 268 cm³/mol. The summed E-state index contributed by atoms with van der Waals surface area (Å²) in [6.07, 6.45) is 29.4. The smallest absolute Gasteiger partial charge is 0.220 e. The van der Waals surface area contributed by atoms with E-state index in [1.54, 1.807) is 6.08 Å². The molecule has 12 unspecified atom stereocenters. The number of aliphatic hydroxyl groups excluding tert-OH is 8. The highest BCUT2D eigenvalue weighted by Gasteiger charge is 2.51. The average molecular weight is 972 g/mol. The molecule has 2 heterocycles. The minimum Gasteiger partial charge on any atom is -0.394 e. The Balaban J connectivity index is 1.79. The number of nitrogens with one attached hydrogen (secondary N) is 1. The molecule has 2 aliphatic rings. The van der Waals surface area contributed by atoms with Crippen LogP contribution in [0.1, 0.15) is 219 Å². The maximum absolute atomic E-state index is 13.2. The summed E-state index contributed by atoms with van der Waals surface area (Å²) in [6.45, 7) is 2.77. The van der Waals surface area contributed by atoms with E-state index in [4.69, 9.17) is 18.9 Å². The van der Waals surface area contributed by atoms with Crippen LogP contribution in [-0.4, -0.2) is 140 Å². The summed E-state index contributed by atoms with van der Waals surface area (Å²) in [5, 5.41) is 86.8. The van der Waals surface area contributed by atoms with E-state index in [0.29, 0.717) is 12.8 Å². The van der Waals surface area contributed by atoms with Gasteiger partial charge in [0.05, 0.1) is 32.0 Å². The molecule has 0 spiro atoms. The molecule has 2 aliphatic heterocycles. The third-order valence-corrected chi connectivity index (χ3v) is 13.6. The molecule has 14 heteroatoms. The van der Waals surface area contributed by atoms with Crippen LogP contribution < -0.4 is 5.32 Å². The van der Waals surface area contributed by atoms with Gasteiger partial charge in [-0.25, -0.2) is 0 Å². The van der Waals surface area contributed by atoms with Gasteiger partial charge in [-0.15, -0.1) is 0 Å². The Hall–Kier alpha value is -1.53. The molecule has 400 valence electrons. The lowest BCUT2D eigenvalue weighted by molar-refractivity contribution is -0.359. The quantitative estimate of drug-likeness (QED) is 0.0208. The van der Waals surface area contributed by atoms with Crippen LogP contribution in [0.3, 0.4) is 0 Å². The molecule has 0 aliphatic carbocycles. The Morgan fingerprint density at radius 1 is 0.515 bits per heavy atom. The highest BCUT2D eigenvalue weighted by Crippen LogP contribution is 2.30. The van der Waals surface area contributed by atoms with E-state index in [-0.39, 0.29) is 18.9 Å². The zero-order chi connectivity index (χ0) is 49.6. The van der Waals surface area contributed by atoms with Crippen molar-refractivity contribution in [2.24, 2.45) is 0 Å². The van der Waals surface area contributed by atoms with Crippen molar-refractivity contribution < 1.29 is 64.6 Å². The number of allylic oxidation sites excluding steroid dienone is 3. The Labute approximate surface area is 411 Å². The van der Waals surface area contributed by atoms with Crippen molar-refractivity contribution >= 4 is 5.91 Å². The van der Waals surface area contributed by atoms with Gasteiger partial charge in [0.1, 0.15) is 48.8 Å². The third-order valence-electron chi connectivity index (χ3n) is 13.6. The van der Waals surface area contributed by atoms with E-state index < -0.39 is 86.8 Å². The number of unbranched alkanes of at least 4 members (excludes halogenated alkanes) is 28. The first-order chi connectivity index (χ1) is 33.1. The lowest BCUT2D eigenvalue weighted by Crippen LogP contribution is -2.65. The Morgan fingerprint density at radius 2 is 0.941 bits per heavy atom. The van der Waals surface area contributed by atoms with Crippen LogP contribution in [0.4, 0.5) is 0 Å². The van der Waals surface area contributed by atoms with Gasteiger partial charge in [0.15, 0.2) is 12.6 Å². The minimum absolute atomic E-state index is 0.247. The van der Waals surface area contributed by atoms with Crippen molar-refractivity contribution in [1.29, 1.82) is 0 Å². The molecule has 68 heavy (non-hydrogen) atoms. The number of rotatable bonds is 43. The van der Waals surface area contributed by atoms with Gasteiger partial charge in [-0.05, 0) is 32.1 Å². The standard InChI is InChI=1S/C54H101NO13/c1-3-5-7-9-11-13-15-17-18-19-20-21-22-23-24-26-28-30-32-34-36-38-46(59)55-42(43(58)37-35-33-31-29-27-25-16-14-12-10-8-6-4-2)41-65-53-51(64)49(62)52(45(40-57)67-53)68-54-50(63)48(61)47(60)44(39-56)66-54/h27,29,35,37,42-45,47-54,56-58,60-64H,3-26,28,30-34,36,38-41H2,1-2H3,(H,55,59)/b29-27+,37-35+. The van der Waals surface area contributed by atoms with E-state index in [1.165, 1.54) is 154 Å². The van der Waals surface area contributed by atoms with Gasteiger partial charge in [-0.3, -0.25) is 4.79 Å². The van der Waals surface area contributed by atoms with E-state index in [2.05, 4.69) is 31.3 Å². The Bertz CT molecular complexity index is 1240. The van der Waals surface area contributed by atoms with Gasteiger partial charge >= 0.3 is 0 Å². The van der Waals surface area contributed by atoms with Crippen LogP contribution in [-0.2, 0) is 23.7 Å². The minimum atomic E-state index is -1.79. The molecule has 2 rings (SSSR count). The predicted octanol–water partition coefficient (Wildman–Crippen LogP) is 8.11. The second-order valence-corrected chi connectivity index (χ2v) is 19.7. The number of hydrogen-bond acceptors (Lipinski definition) is 13. The van der Waals surface area contributed by atoms with Crippen LogP contribution in [0.2, 0.25) is 0 Å². The van der Waals surface area contributed by atoms with Crippen molar-refractivity contribution in [3.8, 4) is 0 Å². The molecule has 2 saturated heterocycles. The third kappa shape index (κ3) is 27.3. The maximum Gasteiger partial charge on any atom is 0.220 e. The fourth-order valence-electron chi connectivity index (χ4n) is 9.13. The normalized spacial score (nSPS) is 26.5. The van der Waals surface area contributed by atoms with E-state index in [1.807, 2.05) is 6.08 Å². The molecule has 2 fully saturated rings. The first-order valence-electron chi connectivity index (χ1n) is 27.6. The fraction of sp³-hybridized carbons (Fsp3) is 0.907. The van der Waals surface area contributed by atoms with Gasteiger partial charge in [0, 0.05) is 6.42 Å². The van der Waals surface area contributed by atoms with Crippen LogP contribution >= 0.6 is 0 Å². The molecular formula is C54H101NO13. The van der Waals surface area contributed by atoms with Crippen LogP contribution in [0, 0.1) is 0 Å². The molecule has 14 nitrogen and oxygen atoms in total. The second kappa shape index (κ2) is 41.0. The zero-order valence-electron chi connectivity index (χ0n) is 42.6. The van der Waals surface area contributed by atoms with Gasteiger partial charge in [0.2, 0.25) is 5.91 Å². The lowest BCUT2D eigenvalue weighted by atomic mass is 9.97. The maximum atomic E-state index is 13.2. The van der Waals surface area contributed by atoms with Crippen molar-refractivity contribution in [3.05, 3.63) is 24.3 Å². The van der Waals surface area contributed by atoms with Gasteiger partial charge in [-0.2, -0.15) is 0 Å². The molecule has 9 N–H and O–H groups in total. The molecule has 0 aromatic heterocycles. The Morgan fingerprint density at radius 3 is 1.44 bits per heavy atom. The van der Waals surface area contributed by atoms with Crippen molar-refractivity contribution in [2.75, 3.05) is 19.8 Å². The van der Waals surface area contributed by atoms with Gasteiger partial charge < -0.3 is 65.1 Å². The highest BCUT2D eigenvalue weighted by molar-refractivity contribution is 5.76. The first kappa shape index (κ1) is 62.6. The summed E-state index contributed by atoms with van der Waals surface area (Å²) in [5.74, 6) is -0.247. The van der Waals surface area contributed by atoms with Crippen molar-refractivity contribution in [2.45, 2.75) is 293 Å². The van der Waals surface area contributed by atoms with Crippen LogP contribution in [0.15, 0.2) is 24.3 Å². The number of carbonyl (C=O) groups excluding carboxylic acids is 1. The average Bonchev–Trinajstić information content (AvgIpc) is 3.34. The van der Waals surface area contributed by atoms with E-state index >= 15 is 0 Å². The summed E-state index contributed by atoms with van der Waals surface area (Å²) >= 11 is 0. The van der Waals surface area contributed by atoms with Crippen molar-refractivity contribution in [3.63, 3.8) is 0 Å². The van der Waals surface area contributed by atoms with Crippen LogP contribution in [0.5, 0.6) is 0 Å². The molecule has 0 bridgehead atoms. The number of amides is 1. The summed E-state index contributed by atoms with van der Waals surface area (Å²) in [4.78, 5) is 13.2. The molecule has 0 aromatic carbocycles. The van der Waals surface area contributed by atoms with Gasteiger partial charge in [-0.1, -0.05) is 205 Å². The van der Waals surface area contributed by atoms with E-state index in [0.717, 1.165) is 32.1 Å². The number of aliphatic hydroxyl groups is 8. The summed E-state index contributed by atoms with van der Waals surface area (Å²) < 4.78 is 22.7. The highest BCUT2D eigenvalue weighted by atomic mass is 16.7. The van der Waals surface area contributed by atoms with Gasteiger partial charge in [0.25, 0.3) is 0 Å². The molecule has 0 radical (unpaired) electrons. The largest absolute Gasteiger partial charge is 0.394 e. The number of hydrogen-bond donors (Lipinski definition) is 9. The molecule has 0 aromatic rings. The summed E-state index contributed by atoms with van der Waals surface area (Å²) in [5.41, 5.74) is 0. The number of carbonyl (C=O) groups is 1. The molecular weight excluding hydrogens is 871 g/mol. The zero-order valence-corrected chi connectivity index (χ0v) is 42.6. The number of ether oxygens (including phenoxy) is 4. The summed E-state index contributed by atoms with van der Waals surface area (Å²) in [7, 11) is 0. The monoisotopic (exact) mass is 972 g/mol. The summed E-state index contributed by atoms with van der Waals surface area (Å²) in [6, 6.07) is -0.926. The topological polar surface area (TPSA) is 228 Å². The lowest BCUT2D eigenvalue weighted by Gasteiger charge is -2.46. The Kier molecular flexibility index (Phi) is 37.7. The molecule has 12 atom stereocenters.